The number of nitrogens with one attached hydrogen (secondary N) is 2. The molecule has 0 aliphatic carbocycles. The summed E-state index contributed by atoms with van der Waals surface area (Å²) in [7, 11) is 1.48. The van der Waals surface area contributed by atoms with Crippen molar-refractivity contribution >= 4 is 29.6 Å². The van der Waals surface area contributed by atoms with Crippen LogP contribution >= 0.6 is 0 Å². The lowest BCUT2D eigenvalue weighted by Crippen LogP contribution is -2.38. The van der Waals surface area contributed by atoms with Crippen molar-refractivity contribution in [1.82, 2.24) is 14.8 Å². The Kier molecular flexibility index (Phi) is 6.09. The van der Waals surface area contributed by atoms with Crippen LogP contribution in [0.1, 0.15) is 17.0 Å². The first-order chi connectivity index (χ1) is 16.3. The Bertz CT molecular complexity index is 1310. The van der Waals surface area contributed by atoms with Gasteiger partial charge < -0.3 is 25.0 Å². The largest absolute Gasteiger partial charge is 0.508 e. The van der Waals surface area contributed by atoms with Crippen molar-refractivity contribution in [3.8, 4) is 17.2 Å². The zero-order valence-corrected chi connectivity index (χ0v) is 19.0. The number of phenolic OH excluding ortho intramolecular Hbond substituents is 1. The van der Waals surface area contributed by atoms with Crippen LogP contribution in [0.15, 0.2) is 60.3 Å². The van der Waals surface area contributed by atoms with Gasteiger partial charge in [0.1, 0.15) is 23.7 Å². The summed E-state index contributed by atoms with van der Waals surface area (Å²) < 4.78 is 7.18. The van der Waals surface area contributed by atoms with Crippen molar-refractivity contribution in [3.05, 3.63) is 77.2 Å². The summed E-state index contributed by atoms with van der Waals surface area (Å²) in [6, 6.07) is 14.9. The van der Waals surface area contributed by atoms with Gasteiger partial charge in [-0.15, -0.1) is 0 Å². The Labute approximate surface area is 196 Å². The van der Waals surface area contributed by atoms with Gasteiger partial charge in [-0.2, -0.15) is 0 Å². The number of anilines is 1. The number of hydrogen-bond acceptors (Lipinski definition) is 5. The topological polar surface area (TPSA) is 113 Å². The van der Waals surface area contributed by atoms with E-state index in [1.807, 2.05) is 24.5 Å². The fourth-order valence-corrected chi connectivity index (χ4v) is 3.88. The molecular formula is C25H24N4O5. The fourth-order valence-electron chi connectivity index (χ4n) is 3.88. The van der Waals surface area contributed by atoms with Gasteiger partial charge in [-0.3, -0.25) is 9.59 Å². The van der Waals surface area contributed by atoms with Gasteiger partial charge in [-0.1, -0.05) is 12.1 Å². The summed E-state index contributed by atoms with van der Waals surface area (Å²) in [5.41, 5.74) is 3.90. The predicted molar refractivity (Wildman–Crippen MR) is 127 cm³/mol. The lowest BCUT2D eigenvalue weighted by Gasteiger charge is -2.13. The second-order valence-corrected chi connectivity index (χ2v) is 7.81. The molecule has 3 N–H and O–H groups in total. The molecule has 0 radical (unpaired) electrons. The lowest BCUT2D eigenvalue weighted by atomic mass is 10.2. The Morgan fingerprint density at radius 2 is 1.82 bits per heavy atom. The molecule has 1 aliphatic rings. The first-order valence-corrected chi connectivity index (χ1v) is 10.5. The zero-order chi connectivity index (χ0) is 24.4. The van der Waals surface area contributed by atoms with Crippen LogP contribution < -0.4 is 15.4 Å². The highest BCUT2D eigenvalue weighted by atomic mass is 16.5. The number of hydrogen-bond donors (Lipinski definition) is 3. The van der Waals surface area contributed by atoms with E-state index in [0.29, 0.717) is 11.4 Å². The number of benzene rings is 2. The van der Waals surface area contributed by atoms with Crippen LogP contribution in [0, 0.1) is 13.8 Å². The molecule has 3 aromatic rings. The van der Waals surface area contributed by atoms with Gasteiger partial charge in [0.15, 0.2) is 0 Å². The first kappa shape index (κ1) is 22.7. The predicted octanol–water partition coefficient (Wildman–Crippen LogP) is 3.34. The van der Waals surface area contributed by atoms with Gasteiger partial charge in [0.25, 0.3) is 5.91 Å². The van der Waals surface area contributed by atoms with Crippen LogP contribution in [0.25, 0.3) is 11.8 Å². The standard InChI is InChI=1S/C25H24N4O5/c1-15-12-17(16(2)29(15)18-8-10-19(30)11-9-18)13-21-24(32)28(25(33)27-21)14-23(31)26-20-6-4-5-7-22(20)34-3/h4-13,30H,14H2,1-3H3,(H,26,31)(H,27,33)/b21-13+. The summed E-state index contributed by atoms with van der Waals surface area (Å²) in [4.78, 5) is 38.7. The van der Waals surface area contributed by atoms with Gasteiger partial charge in [0.2, 0.25) is 5.91 Å². The molecular weight excluding hydrogens is 436 g/mol. The van der Waals surface area contributed by atoms with Crippen molar-refractivity contribution in [2.45, 2.75) is 13.8 Å². The Hall–Kier alpha value is -4.53. The van der Waals surface area contributed by atoms with E-state index in [1.165, 1.54) is 7.11 Å². The van der Waals surface area contributed by atoms with E-state index < -0.39 is 24.4 Å². The van der Waals surface area contributed by atoms with Gasteiger partial charge in [0.05, 0.1) is 12.8 Å². The number of nitrogens with zero attached hydrogens (tertiary/aromatic N) is 2. The van der Waals surface area contributed by atoms with Gasteiger partial charge in [0, 0.05) is 17.1 Å². The number of methoxy groups -OCH3 is 1. The molecule has 0 unspecified atom stereocenters. The molecule has 4 amide bonds. The average Bonchev–Trinajstić information content (AvgIpc) is 3.24. The maximum absolute atomic E-state index is 12.9. The number of aromatic nitrogens is 1. The quantitative estimate of drug-likeness (QED) is 0.386. The van der Waals surface area contributed by atoms with Gasteiger partial charge >= 0.3 is 6.03 Å². The number of carbonyl (C=O) groups is 3. The van der Waals surface area contributed by atoms with Crippen molar-refractivity contribution in [1.29, 1.82) is 0 Å². The van der Waals surface area contributed by atoms with Crippen molar-refractivity contribution in [2.75, 3.05) is 19.0 Å². The molecule has 0 atom stereocenters. The first-order valence-electron chi connectivity index (χ1n) is 10.5. The third kappa shape index (κ3) is 4.36. The van der Waals surface area contributed by atoms with Crippen molar-refractivity contribution in [2.24, 2.45) is 0 Å². The summed E-state index contributed by atoms with van der Waals surface area (Å²) in [5, 5.41) is 14.8. The van der Waals surface area contributed by atoms with Crippen LogP contribution in [0.3, 0.4) is 0 Å². The highest BCUT2D eigenvalue weighted by molar-refractivity contribution is 6.16. The van der Waals surface area contributed by atoms with E-state index in [4.69, 9.17) is 4.74 Å². The normalized spacial score (nSPS) is 14.4. The third-order valence-electron chi connectivity index (χ3n) is 5.52. The van der Waals surface area contributed by atoms with E-state index in [2.05, 4.69) is 10.6 Å². The number of rotatable bonds is 6. The zero-order valence-electron chi connectivity index (χ0n) is 19.0. The van der Waals surface area contributed by atoms with Crippen molar-refractivity contribution < 1.29 is 24.2 Å². The molecule has 1 fully saturated rings. The lowest BCUT2D eigenvalue weighted by molar-refractivity contribution is -0.127. The summed E-state index contributed by atoms with van der Waals surface area (Å²) in [6.45, 7) is 3.38. The second kappa shape index (κ2) is 9.14. The fraction of sp³-hybridized carbons (Fsp3) is 0.160. The van der Waals surface area contributed by atoms with Crippen molar-refractivity contribution in [3.63, 3.8) is 0 Å². The van der Waals surface area contributed by atoms with Crippen LogP contribution in [0.2, 0.25) is 0 Å². The van der Waals surface area contributed by atoms with Crippen LogP contribution in [0.4, 0.5) is 10.5 Å². The minimum Gasteiger partial charge on any atom is -0.508 e. The number of aromatic hydroxyl groups is 1. The molecule has 34 heavy (non-hydrogen) atoms. The molecule has 0 bridgehead atoms. The molecule has 9 nitrogen and oxygen atoms in total. The van der Waals surface area contributed by atoms with E-state index >= 15 is 0 Å². The van der Waals surface area contributed by atoms with Gasteiger partial charge in [-0.05, 0) is 68.0 Å². The molecule has 2 heterocycles. The van der Waals surface area contributed by atoms with Gasteiger partial charge in [-0.25, -0.2) is 9.69 Å². The number of amides is 4. The van der Waals surface area contributed by atoms with Crippen LogP contribution in [0.5, 0.6) is 11.5 Å². The number of imide groups is 1. The summed E-state index contributed by atoms with van der Waals surface area (Å²) in [6.07, 6.45) is 1.59. The number of urea groups is 1. The highest BCUT2D eigenvalue weighted by Crippen LogP contribution is 2.26. The molecule has 1 aromatic heterocycles. The van der Waals surface area contributed by atoms with E-state index in [-0.39, 0.29) is 11.4 Å². The highest BCUT2D eigenvalue weighted by Gasteiger charge is 2.35. The second-order valence-electron chi connectivity index (χ2n) is 7.81. The Morgan fingerprint density at radius 1 is 1.12 bits per heavy atom. The SMILES string of the molecule is COc1ccccc1NC(=O)CN1C(=O)N/C(=C/c2cc(C)n(-c3ccc(O)cc3)c2C)C1=O. The van der Waals surface area contributed by atoms with Crippen LogP contribution in [-0.2, 0) is 9.59 Å². The maximum atomic E-state index is 12.9. The van der Waals surface area contributed by atoms with E-state index in [9.17, 15) is 19.5 Å². The molecule has 4 rings (SSSR count). The Balaban J connectivity index is 1.53. The number of phenols is 1. The van der Waals surface area contributed by atoms with E-state index in [1.54, 1.807) is 54.6 Å². The summed E-state index contributed by atoms with van der Waals surface area (Å²) >= 11 is 0. The third-order valence-corrected chi connectivity index (χ3v) is 5.52. The smallest absolute Gasteiger partial charge is 0.329 e. The van der Waals surface area contributed by atoms with Crippen LogP contribution in [-0.4, -0.2) is 46.1 Å². The molecule has 9 heteroatoms. The Morgan fingerprint density at radius 3 is 2.53 bits per heavy atom. The number of para-hydroxylation sites is 2. The molecule has 1 aliphatic heterocycles. The molecule has 0 spiro atoms. The molecule has 2 aromatic carbocycles. The molecule has 174 valence electrons. The summed E-state index contributed by atoms with van der Waals surface area (Å²) in [5.74, 6) is -0.477. The average molecular weight is 460 g/mol. The number of ether oxygens (including phenoxy) is 1. The number of aryl methyl sites for hydroxylation is 1. The van der Waals surface area contributed by atoms with E-state index in [0.717, 1.165) is 27.5 Å². The molecule has 1 saturated heterocycles. The minimum absolute atomic E-state index is 0.0843. The number of carbonyl (C=O) groups excluding carboxylic acids is 3. The maximum Gasteiger partial charge on any atom is 0.329 e. The molecule has 0 saturated carbocycles. The minimum atomic E-state index is -0.668. The monoisotopic (exact) mass is 460 g/mol.